The minimum atomic E-state index is -0.0625. The highest BCUT2D eigenvalue weighted by atomic mass is 35.5. The van der Waals surface area contributed by atoms with Crippen molar-refractivity contribution in [3.8, 4) is 0 Å². The van der Waals surface area contributed by atoms with Gasteiger partial charge < -0.3 is 16.0 Å². The van der Waals surface area contributed by atoms with Crippen LogP contribution in [-0.4, -0.2) is 30.0 Å². The molecule has 1 unspecified atom stereocenters. The molecule has 2 aromatic rings. The third-order valence-electron chi connectivity index (χ3n) is 4.01. The Balaban J connectivity index is 0.00000208. The number of nitrogens with one attached hydrogen (secondary N) is 1. The lowest BCUT2D eigenvalue weighted by Crippen LogP contribution is -2.37. The maximum Gasteiger partial charge on any atom is 0.251 e. The summed E-state index contributed by atoms with van der Waals surface area (Å²) in [5, 5.41) is 3.71. The molecule has 1 aromatic carbocycles. The monoisotopic (exact) mass is 366 g/mol. The first-order valence-corrected chi connectivity index (χ1v) is 8.00. The van der Waals surface area contributed by atoms with Crippen LogP contribution in [-0.2, 0) is 6.54 Å². The van der Waals surface area contributed by atoms with Crippen molar-refractivity contribution >= 4 is 35.7 Å². The van der Waals surface area contributed by atoms with Gasteiger partial charge in [0.05, 0.1) is 5.02 Å². The molecule has 3 rings (SSSR count). The van der Waals surface area contributed by atoms with Crippen LogP contribution in [0.25, 0.3) is 0 Å². The number of hydrogen-bond acceptors (Lipinski definition) is 4. The highest BCUT2D eigenvalue weighted by Gasteiger charge is 2.26. The fourth-order valence-corrected chi connectivity index (χ4v) is 2.98. The number of anilines is 1. The summed E-state index contributed by atoms with van der Waals surface area (Å²) in [4.78, 5) is 18.7. The fourth-order valence-electron chi connectivity index (χ4n) is 2.74. The number of benzene rings is 1. The average Bonchev–Trinajstić information content (AvgIpc) is 3.03. The maximum absolute atomic E-state index is 12.3. The number of rotatable bonds is 4. The highest BCUT2D eigenvalue weighted by molar-refractivity contribution is 6.32. The normalized spacial score (nSPS) is 16.6. The Bertz CT molecular complexity index is 693. The van der Waals surface area contributed by atoms with Crippen LogP contribution in [0.1, 0.15) is 22.3 Å². The quantitative estimate of drug-likeness (QED) is 0.872. The van der Waals surface area contributed by atoms with E-state index < -0.39 is 0 Å². The molecule has 0 saturated carbocycles. The summed E-state index contributed by atoms with van der Waals surface area (Å²) in [6, 6.07) is 11.1. The Morgan fingerprint density at radius 2 is 2.08 bits per heavy atom. The lowest BCUT2D eigenvalue weighted by molar-refractivity contribution is 0.0940. The number of nitrogens with zero attached hydrogens (tertiary/aromatic N) is 2. The number of hydrogen-bond donors (Lipinski definition) is 2. The van der Waals surface area contributed by atoms with Gasteiger partial charge in [0.1, 0.15) is 5.82 Å². The molecule has 0 spiro atoms. The molecule has 1 amide bonds. The number of pyridine rings is 1. The number of halogens is 2. The van der Waals surface area contributed by atoms with Gasteiger partial charge in [-0.25, -0.2) is 4.98 Å². The maximum atomic E-state index is 12.3. The SMILES string of the molecule is Cl.NCc1ccc(C(=O)NC2CCN(c3ncccc3Cl)C2)cc1. The second-order valence-electron chi connectivity index (χ2n) is 5.61. The molecule has 24 heavy (non-hydrogen) atoms. The van der Waals surface area contributed by atoms with E-state index in [4.69, 9.17) is 17.3 Å². The summed E-state index contributed by atoms with van der Waals surface area (Å²) in [6.07, 6.45) is 2.60. The van der Waals surface area contributed by atoms with Gasteiger partial charge in [-0.05, 0) is 36.2 Å². The first-order valence-electron chi connectivity index (χ1n) is 7.62. The highest BCUT2D eigenvalue weighted by Crippen LogP contribution is 2.25. The van der Waals surface area contributed by atoms with Gasteiger partial charge in [-0.3, -0.25) is 4.79 Å². The lowest BCUT2D eigenvalue weighted by Gasteiger charge is -2.19. The summed E-state index contributed by atoms with van der Waals surface area (Å²) >= 11 is 6.18. The van der Waals surface area contributed by atoms with E-state index >= 15 is 0 Å². The van der Waals surface area contributed by atoms with E-state index in [9.17, 15) is 4.79 Å². The molecular weight excluding hydrogens is 347 g/mol. The van der Waals surface area contributed by atoms with Gasteiger partial charge in [0.2, 0.25) is 0 Å². The second-order valence-corrected chi connectivity index (χ2v) is 6.02. The molecular formula is C17H20Cl2N4O. The van der Waals surface area contributed by atoms with Crippen LogP contribution in [0.4, 0.5) is 5.82 Å². The predicted molar refractivity (Wildman–Crippen MR) is 98.9 cm³/mol. The molecule has 5 nitrogen and oxygen atoms in total. The molecule has 0 aliphatic carbocycles. The van der Waals surface area contributed by atoms with Crippen LogP contribution in [0.3, 0.4) is 0 Å². The van der Waals surface area contributed by atoms with E-state index in [2.05, 4.69) is 15.2 Å². The van der Waals surface area contributed by atoms with Gasteiger partial charge in [-0.2, -0.15) is 0 Å². The van der Waals surface area contributed by atoms with Crippen molar-refractivity contribution in [3.63, 3.8) is 0 Å². The van der Waals surface area contributed by atoms with Gasteiger partial charge >= 0.3 is 0 Å². The van der Waals surface area contributed by atoms with Crippen LogP contribution in [0.15, 0.2) is 42.6 Å². The zero-order chi connectivity index (χ0) is 16.2. The summed E-state index contributed by atoms with van der Waals surface area (Å²) in [5.74, 6) is 0.714. The van der Waals surface area contributed by atoms with Crippen LogP contribution >= 0.6 is 24.0 Å². The van der Waals surface area contributed by atoms with Gasteiger partial charge in [0.15, 0.2) is 0 Å². The van der Waals surface area contributed by atoms with Crippen LogP contribution < -0.4 is 16.0 Å². The smallest absolute Gasteiger partial charge is 0.251 e. The molecule has 128 valence electrons. The van der Waals surface area contributed by atoms with Crippen molar-refractivity contribution in [3.05, 3.63) is 58.7 Å². The van der Waals surface area contributed by atoms with Gasteiger partial charge in [-0.1, -0.05) is 23.7 Å². The van der Waals surface area contributed by atoms with E-state index in [1.165, 1.54) is 0 Å². The fraction of sp³-hybridized carbons (Fsp3) is 0.294. The van der Waals surface area contributed by atoms with Gasteiger partial charge in [0, 0.05) is 37.4 Å². The van der Waals surface area contributed by atoms with Gasteiger partial charge in [0.25, 0.3) is 5.91 Å². The Morgan fingerprint density at radius 3 is 2.75 bits per heavy atom. The van der Waals surface area contributed by atoms with E-state index in [0.29, 0.717) is 23.7 Å². The molecule has 3 N–H and O–H groups in total. The largest absolute Gasteiger partial charge is 0.353 e. The van der Waals surface area contributed by atoms with Crippen molar-refractivity contribution in [2.45, 2.75) is 19.0 Å². The molecule has 1 aromatic heterocycles. The third-order valence-corrected chi connectivity index (χ3v) is 4.31. The molecule has 2 heterocycles. The zero-order valence-corrected chi connectivity index (χ0v) is 14.7. The Labute approximate surface area is 152 Å². The molecule has 1 aliphatic heterocycles. The molecule has 1 aliphatic rings. The van der Waals surface area contributed by atoms with Crippen molar-refractivity contribution < 1.29 is 4.79 Å². The van der Waals surface area contributed by atoms with E-state index in [-0.39, 0.29) is 24.4 Å². The first kappa shape index (κ1) is 18.5. The number of amides is 1. The Morgan fingerprint density at radius 1 is 1.33 bits per heavy atom. The summed E-state index contributed by atoms with van der Waals surface area (Å²) in [5.41, 5.74) is 7.23. The number of aromatic nitrogens is 1. The van der Waals surface area contributed by atoms with E-state index in [0.717, 1.165) is 24.3 Å². The Kier molecular flexibility index (Phi) is 6.43. The summed E-state index contributed by atoms with van der Waals surface area (Å²) in [6.45, 7) is 2.02. The number of nitrogens with two attached hydrogens (primary N) is 1. The van der Waals surface area contributed by atoms with E-state index in [1.54, 1.807) is 18.3 Å². The third kappa shape index (κ3) is 4.17. The van der Waals surface area contributed by atoms with Crippen molar-refractivity contribution in [2.24, 2.45) is 5.73 Å². The standard InChI is InChI=1S/C17H19ClN4O.ClH/c18-15-2-1-8-20-16(15)22-9-7-14(11-22)21-17(23)13-5-3-12(10-19)4-6-13;/h1-6,8,14H,7,9-11,19H2,(H,21,23);1H. The zero-order valence-electron chi connectivity index (χ0n) is 13.1. The minimum Gasteiger partial charge on any atom is -0.353 e. The lowest BCUT2D eigenvalue weighted by atomic mass is 10.1. The Hall–Kier alpha value is -1.82. The van der Waals surface area contributed by atoms with Crippen LogP contribution in [0.2, 0.25) is 5.02 Å². The van der Waals surface area contributed by atoms with Crippen LogP contribution in [0.5, 0.6) is 0 Å². The second kappa shape index (κ2) is 8.33. The topological polar surface area (TPSA) is 71.2 Å². The first-order chi connectivity index (χ1) is 11.2. The van der Waals surface area contributed by atoms with Crippen molar-refractivity contribution in [1.29, 1.82) is 0 Å². The van der Waals surface area contributed by atoms with Crippen molar-refractivity contribution in [2.75, 3.05) is 18.0 Å². The molecule has 0 bridgehead atoms. The molecule has 1 atom stereocenters. The van der Waals surface area contributed by atoms with E-state index in [1.807, 2.05) is 24.3 Å². The van der Waals surface area contributed by atoms with Crippen LogP contribution in [0, 0.1) is 0 Å². The molecule has 1 fully saturated rings. The number of carbonyl (C=O) groups excluding carboxylic acids is 1. The molecule has 7 heteroatoms. The molecule has 0 radical (unpaired) electrons. The minimum absolute atomic E-state index is 0. The van der Waals surface area contributed by atoms with Crippen molar-refractivity contribution in [1.82, 2.24) is 10.3 Å². The summed E-state index contributed by atoms with van der Waals surface area (Å²) in [7, 11) is 0. The average molecular weight is 367 g/mol. The summed E-state index contributed by atoms with van der Waals surface area (Å²) < 4.78 is 0. The molecule has 1 saturated heterocycles. The predicted octanol–water partition coefficient (Wildman–Crippen LogP) is 2.62. The number of carbonyl (C=O) groups is 1. The van der Waals surface area contributed by atoms with Gasteiger partial charge in [-0.15, -0.1) is 12.4 Å².